The van der Waals surface area contributed by atoms with Crippen LogP contribution in [0.5, 0.6) is 0 Å². The van der Waals surface area contributed by atoms with Crippen LogP contribution in [-0.4, -0.2) is 4.98 Å². The van der Waals surface area contributed by atoms with E-state index in [9.17, 15) is 0 Å². The first kappa shape index (κ1) is 5.67. The van der Waals surface area contributed by atoms with Crippen molar-refractivity contribution in [2.75, 3.05) is 0 Å². The molecule has 0 atom stereocenters. The van der Waals surface area contributed by atoms with Crippen molar-refractivity contribution in [2.45, 2.75) is 0 Å². The summed E-state index contributed by atoms with van der Waals surface area (Å²) in [5.74, 6) is 2.71. The highest BCUT2D eigenvalue weighted by Gasteiger charge is 1.82. The first-order valence-electron chi connectivity index (χ1n) is 1.98. The standard InChI is InChI=1S/C5H3NS2/c7-3-1-5-6-2-4-8-5/h2,4,7H. The Kier molecular flexibility index (Phi) is 1.95. The fourth-order valence-electron chi connectivity index (χ4n) is 0.333. The lowest BCUT2D eigenvalue weighted by molar-refractivity contribution is 1.39. The summed E-state index contributed by atoms with van der Waals surface area (Å²) in [6.45, 7) is 0. The third-order valence-corrected chi connectivity index (χ3v) is 1.40. The quantitative estimate of drug-likeness (QED) is 0.425. The van der Waals surface area contributed by atoms with E-state index >= 15 is 0 Å². The van der Waals surface area contributed by atoms with E-state index in [4.69, 9.17) is 0 Å². The highest BCUT2D eigenvalue weighted by Crippen LogP contribution is 2.00. The van der Waals surface area contributed by atoms with E-state index in [0.717, 1.165) is 5.01 Å². The van der Waals surface area contributed by atoms with Gasteiger partial charge in [-0.25, -0.2) is 4.98 Å². The Morgan fingerprint density at radius 2 is 2.62 bits per heavy atom. The molecule has 1 heterocycles. The Morgan fingerprint density at radius 3 is 3.12 bits per heavy atom. The van der Waals surface area contributed by atoms with Gasteiger partial charge in [0.25, 0.3) is 0 Å². The molecule has 1 rings (SSSR count). The summed E-state index contributed by atoms with van der Waals surface area (Å²) in [6, 6.07) is 0. The number of hydrogen-bond donors (Lipinski definition) is 1. The summed E-state index contributed by atoms with van der Waals surface area (Å²) in [7, 11) is 0. The molecule has 0 saturated carbocycles. The van der Waals surface area contributed by atoms with Crippen molar-refractivity contribution in [2.24, 2.45) is 0 Å². The molecule has 40 valence electrons. The lowest BCUT2D eigenvalue weighted by Crippen LogP contribution is -1.62. The van der Waals surface area contributed by atoms with Crippen LogP contribution in [0.4, 0.5) is 0 Å². The zero-order chi connectivity index (χ0) is 5.82. The summed E-state index contributed by atoms with van der Waals surface area (Å²) in [6.07, 6.45) is 1.72. The Bertz CT molecular complexity index is 204. The Morgan fingerprint density at radius 1 is 1.75 bits per heavy atom. The number of hydrogen-bond acceptors (Lipinski definition) is 3. The van der Waals surface area contributed by atoms with Crippen LogP contribution < -0.4 is 0 Å². The molecule has 0 aliphatic heterocycles. The molecule has 0 bridgehead atoms. The van der Waals surface area contributed by atoms with Crippen molar-refractivity contribution in [1.29, 1.82) is 0 Å². The van der Waals surface area contributed by atoms with Crippen LogP contribution in [0.15, 0.2) is 11.6 Å². The van der Waals surface area contributed by atoms with Gasteiger partial charge < -0.3 is 0 Å². The number of thiol groups is 1. The van der Waals surface area contributed by atoms with Gasteiger partial charge in [-0.05, 0) is 11.2 Å². The molecule has 0 amide bonds. The van der Waals surface area contributed by atoms with Gasteiger partial charge in [0.2, 0.25) is 0 Å². The van der Waals surface area contributed by atoms with E-state index in [2.05, 4.69) is 28.8 Å². The van der Waals surface area contributed by atoms with Gasteiger partial charge in [0.1, 0.15) is 0 Å². The van der Waals surface area contributed by atoms with Crippen LogP contribution in [0.2, 0.25) is 0 Å². The SMILES string of the molecule is SC#Cc1nccs1. The predicted octanol–water partition coefficient (Wildman–Crippen LogP) is 1.38. The summed E-state index contributed by atoms with van der Waals surface area (Å²) in [5.41, 5.74) is 0. The number of rotatable bonds is 0. The first-order valence-corrected chi connectivity index (χ1v) is 3.31. The van der Waals surface area contributed by atoms with E-state index in [1.807, 2.05) is 5.38 Å². The van der Waals surface area contributed by atoms with E-state index in [-0.39, 0.29) is 0 Å². The minimum Gasteiger partial charge on any atom is -0.236 e. The van der Waals surface area contributed by atoms with E-state index in [0.29, 0.717) is 0 Å². The summed E-state index contributed by atoms with van der Waals surface area (Å²) < 4.78 is 0. The fourth-order valence-corrected chi connectivity index (χ4v) is 0.997. The van der Waals surface area contributed by atoms with E-state index < -0.39 is 0 Å². The Balaban J connectivity index is 2.88. The molecular formula is C5H3NS2. The second kappa shape index (κ2) is 2.75. The van der Waals surface area contributed by atoms with E-state index in [1.165, 1.54) is 11.3 Å². The van der Waals surface area contributed by atoms with Crippen LogP contribution in [0.1, 0.15) is 5.01 Å². The maximum absolute atomic E-state index is 3.90. The average Bonchev–Trinajstić information content (AvgIpc) is 2.19. The van der Waals surface area contributed by atoms with Gasteiger partial charge in [0.15, 0.2) is 5.01 Å². The molecule has 0 saturated heterocycles. The molecule has 0 spiro atoms. The molecule has 0 radical (unpaired) electrons. The molecule has 1 aromatic rings. The highest BCUT2D eigenvalue weighted by molar-refractivity contribution is 7.85. The molecular weight excluding hydrogens is 138 g/mol. The lowest BCUT2D eigenvalue weighted by Gasteiger charge is -1.67. The van der Waals surface area contributed by atoms with Gasteiger partial charge in [-0.1, -0.05) is 12.6 Å². The second-order valence-corrected chi connectivity index (χ2v) is 2.19. The molecule has 0 aliphatic rings. The zero-order valence-corrected chi connectivity index (χ0v) is 5.67. The van der Waals surface area contributed by atoms with Crippen LogP contribution in [0.25, 0.3) is 0 Å². The van der Waals surface area contributed by atoms with Gasteiger partial charge in [0.05, 0.1) is 0 Å². The Labute approximate surface area is 57.2 Å². The molecule has 0 fully saturated rings. The van der Waals surface area contributed by atoms with Crippen LogP contribution in [0, 0.1) is 11.2 Å². The molecule has 3 heteroatoms. The van der Waals surface area contributed by atoms with Gasteiger partial charge in [0, 0.05) is 11.6 Å². The topological polar surface area (TPSA) is 12.9 Å². The van der Waals surface area contributed by atoms with Crippen molar-refractivity contribution in [1.82, 2.24) is 4.98 Å². The third-order valence-electron chi connectivity index (χ3n) is 0.595. The normalized spacial score (nSPS) is 7.62. The van der Waals surface area contributed by atoms with Crippen molar-refractivity contribution >= 4 is 24.0 Å². The minimum absolute atomic E-state index is 0.819. The number of thiazole rings is 1. The van der Waals surface area contributed by atoms with Crippen LogP contribution in [-0.2, 0) is 0 Å². The molecule has 0 aromatic carbocycles. The van der Waals surface area contributed by atoms with Crippen molar-refractivity contribution < 1.29 is 0 Å². The maximum atomic E-state index is 3.90. The second-order valence-electron chi connectivity index (χ2n) is 1.07. The molecule has 1 aromatic heterocycles. The summed E-state index contributed by atoms with van der Waals surface area (Å²) in [4.78, 5) is 3.90. The van der Waals surface area contributed by atoms with Gasteiger partial charge in [-0.3, -0.25) is 0 Å². The zero-order valence-electron chi connectivity index (χ0n) is 3.96. The molecule has 8 heavy (non-hydrogen) atoms. The first-order chi connectivity index (χ1) is 3.93. The summed E-state index contributed by atoms with van der Waals surface area (Å²) in [5, 5.41) is 5.16. The highest BCUT2D eigenvalue weighted by atomic mass is 32.1. The largest absolute Gasteiger partial charge is 0.236 e. The molecule has 0 N–H and O–H groups in total. The molecule has 0 unspecified atom stereocenters. The average molecular weight is 141 g/mol. The van der Waals surface area contributed by atoms with Crippen molar-refractivity contribution in [3.63, 3.8) is 0 Å². The molecule has 1 nitrogen and oxygen atoms in total. The van der Waals surface area contributed by atoms with Gasteiger partial charge in [-0.15, -0.1) is 11.3 Å². The predicted molar refractivity (Wildman–Crippen MR) is 38.0 cm³/mol. The van der Waals surface area contributed by atoms with Gasteiger partial charge in [-0.2, -0.15) is 0 Å². The smallest absolute Gasteiger partial charge is 0.167 e. The van der Waals surface area contributed by atoms with Crippen LogP contribution >= 0.6 is 24.0 Å². The summed E-state index contributed by atoms with van der Waals surface area (Å²) >= 11 is 5.23. The molecule has 0 aliphatic carbocycles. The number of nitrogens with zero attached hydrogens (tertiary/aromatic N) is 1. The van der Waals surface area contributed by atoms with Gasteiger partial charge >= 0.3 is 0 Å². The van der Waals surface area contributed by atoms with E-state index in [1.54, 1.807) is 6.20 Å². The lowest BCUT2D eigenvalue weighted by atomic mass is 10.7. The monoisotopic (exact) mass is 141 g/mol. The maximum Gasteiger partial charge on any atom is 0.167 e. The van der Waals surface area contributed by atoms with Crippen molar-refractivity contribution in [3.8, 4) is 11.2 Å². The Hall–Kier alpha value is -0.460. The van der Waals surface area contributed by atoms with Crippen LogP contribution in [0.3, 0.4) is 0 Å². The number of aromatic nitrogens is 1. The third kappa shape index (κ3) is 1.25. The fraction of sp³-hybridized carbons (Fsp3) is 0. The van der Waals surface area contributed by atoms with Crippen molar-refractivity contribution in [3.05, 3.63) is 16.6 Å². The minimum atomic E-state index is 0.819.